The van der Waals surface area contributed by atoms with Crippen LogP contribution in [0.2, 0.25) is 0 Å². The molecule has 0 radical (unpaired) electrons. The molecule has 0 N–H and O–H groups in total. The Kier molecular flexibility index (Phi) is 53.0. The Bertz CT molecular complexity index is 1310. The summed E-state index contributed by atoms with van der Waals surface area (Å²) >= 11 is 0. The summed E-state index contributed by atoms with van der Waals surface area (Å²) in [6.07, 6.45) is 77.0. The zero-order valence-corrected chi connectivity index (χ0v) is 43.2. The second kappa shape index (κ2) is 55.9. The summed E-state index contributed by atoms with van der Waals surface area (Å²) in [5.41, 5.74) is 0. The van der Waals surface area contributed by atoms with Crippen LogP contribution >= 0.6 is 0 Å². The van der Waals surface area contributed by atoms with Gasteiger partial charge in [-0.05, 0) is 109 Å². The molecule has 5 heteroatoms. The van der Waals surface area contributed by atoms with E-state index in [0.717, 1.165) is 83.5 Å². The Morgan fingerprint density at radius 2 is 0.727 bits per heavy atom. The van der Waals surface area contributed by atoms with Crippen LogP contribution in [-0.4, -0.2) is 37.9 Å². The van der Waals surface area contributed by atoms with Crippen molar-refractivity contribution >= 4 is 11.9 Å². The van der Waals surface area contributed by atoms with E-state index in [9.17, 15) is 9.59 Å². The highest BCUT2D eigenvalue weighted by Gasteiger charge is 2.17. The van der Waals surface area contributed by atoms with E-state index >= 15 is 0 Å². The fraction of sp³-hybridized carbons (Fsp3) is 0.672. The van der Waals surface area contributed by atoms with Crippen molar-refractivity contribution in [2.45, 2.75) is 245 Å². The third-order valence-electron chi connectivity index (χ3n) is 11.3. The number of unbranched alkanes of at least 4 members (excludes halogenated alkanes) is 21. The van der Waals surface area contributed by atoms with E-state index in [1.807, 2.05) is 12.2 Å². The van der Waals surface area contributed by atoms with Crippen LogP contribution in [0.25, 0.3) is 0 Å². The second-order valence-corrected chi connectivity index (χ2v) is 17.8. The molecular formula is C61H102O5. The molecule has 376 valence electrons. The Labute approximate surface area is 408 Å². The van der Waals surface area contributed by atoms with E-state index in [2.05, 4.69) is 118 Å². The van der Waals surface area contributed by atoms with Gasteiger partial charge in [0.2, 0.25) is 0 Å². The van der Waals surface area contributed by atoms with Gasteiger partial charge in [0, 0.05) is 13.0 Å². The molecule has 1 atom stereocenters. The summed E-state index contributed by atoms with van der Waals surface area (Å²) in [4.78, 5) is 25.4. The molecule has 0 heterocycles. The van der Waals surface area contributed by atoms with Crippen molar-refractivity contribution in [2.75, 3.05) is 19.8 Å². The zero-order valence-electron chi connectivity index (χ0n) is 43.2. The third-order valence-corrected chi connectivity index (χ3v) is 11.3. The SMILES string of the molecule is CC/C=C\C/C=C\C/C=C\C/C=C\C/C=C\CC(=O)OCC(COCCCCCCCCC/C=C\C/C=C\C/C=C\CCCCC)OC(=O)CCCCCCC/C=C\CCCCCCCC. The van der Waals surface area contributed by atoms with Gasteiger partial charge in [-0.15, -0.1) is 0 Å². The maximum absolute atomic E-state index is 12.8. The molecule has 0 aliphatic rings. The molecule has 66 heavy (non-hydrogen) atoms. The molecule has 0 spiro atoms. The largest absolute Gasteiger partial charge is 0.461 e. The maximum atomic E-state index is 12.8. The van der Waals surface area contributed by atoms with Gasteiger partial charge in [0.15, 0.2) is 6.10 Å². The first-order valence-corrected chi connectivity index (χ1v) is 27.4. The lowest BCUT2D eigenvalue weighted by atomic mass is 10.1. The topological polar surface area (TPSA) is 61.8 Å². The molecular weight excluding hydrogens is 813 g/mol. The van der Waals surface area contributed by atoms with E-state index < -0.39 is 6.10 Å². The smallest absolute Gasteiger partial charge is 0.309 e. The van der Waals surface area contributed by atoms with Crippen LogP contribution in [-0.2, 0) is 23.8 Å². The van der Waals surface area contributed by atoms with Gasteiger partial charge in [-0.2, -0.15) is 0 Å². The van der Waals surface area contributed by atoms with E-state index in [1.165, 1.54) is 122 Å². The number of esters is 2. The van der Waals surface area contributed by atoms with Crippen LogP contribution in [0, 0.1) is 0 Å². The van der Waals surface area contributed by atoms with Crippen LogP contribution < -0.4 is 0 Å². The summed E-state index contributed by atoms with van der Waals surface area (Å²) in [6.45, 7) is 7.54. The van der Waals surface area contributed by atoms with Gasteiger partial charge in [0.25, 0.3) is 0 Å². The summed E-state index contributed by atoms with van der Waals surface area (Å²) < 4.78 is 17.3. The molecule has 0 aliphatic carbocycles. The fourth-order valence-corrected chi connectivity index (χ4v) is 7.23. The average molecular weight is 915 g/mol. The molecule has 0 fully saturated rings. The van der Waals surface area contributed by atoms with E-state index in [1.54, 1.807) is 0 Å². The quantitative estimate of drug-likeness (QED) is 0.0346. The first kappa shape index (κ1) is 62.6. The number of carbonyl (C=O) groups excluding carboxylic acids is 2. The molecule has 0 amide bonds. The molecule has 0 aliphatic heterocycles. The predicted molar refractivity (Wildman–Crippen MR) is 288 cm³/mol. The van der Waals surface area contributed by atoms with Crippen LogP contribution in [0.5, 0.6) is 0 Å². The maximum Gasteiger partial charge on any atom is 0.309 e. The molecule has 1 unspecified atom stereocenters. The van der Waals surface area contributed by atoms with Crippen molar-refractivity contribution in [2.24, 2.45) is 0 Å². The Hall–Kier alpha value is -3.44. The van der Waals surface area contributed by atoms with Crippen molar-refractivity contribution in [3.05, 3.63) is 109 Å². The van der Waals surface area contributed by atoms with E-state index in [4.69, 9.17) is 14.2 Å². The molecule has 0 rings (SSSR count). The standard InChI is InChI=1S/C61H102O5/c1-4-7-10-13-16-19-22-25-28-29-30-31-32-35-38-41-44-47-50-53-56-64-57-59(66-61(63)55-52-49-46-43-40-37-34-27-24-21-18-15-12-9-6-3)58-65-60(62)54-51-48-45-42-39-36-33-26-23-20-17-14-11-8-5-2/h8,11,16-17,19-20,25-28,30-31,33-34,39,42,48,51,59H,4-7,9-10,12-15,18,21-24,29,32,35-38,40-41,43-47,49-50,52-58H2,1-3H3/b11-8-,19-16-,20-17-,28-25-,31-30-,33-26-,34-27-,42-39-,51-48-. The summed E-state index contributed by atoms with van der Waals surface area (Å²) in [5.74, 6) is -0.561. The molecule has 0 aromatic heterocycles. The van der Waals surface area contributed by atoms with Crippen molar-refractivity contribution < 1.29 is 23.8 Å². The lowest BCUT2D eigenvalue weighted by molar-refractivity contribution is -0.162. The normalized spacial score (nSPS) is 13.1. The summed E-state index contributed by atoms with van der Waals surface area (Å²) in [5, 5.41) is 0. The minimum Gasteiger partial charge on any atom is -0.461 e. The number of ether oxygens (including phenoxy) is 3. The van der Waals surface area contributed by atoms with Crippen molar-refractivity contribution in [1.82, 2.24) is 0 Å². The van der Waals surface area contributed by atoms with Gasteiger partial charge >= 0.3 is 11.9 Å². The fourth-order valence-electron chi connectivity index (χ4n) is 7.23. The van der Waals surface area contributed by atoms with Crippen LogP contribution in [0.4, 0.5) is 0 Å². The number of hydrogen-bond donors (Lipinski definition) is 0. The van der Waals surface area contributed by atoms with E-state index in [0.29, 0.717) is 13.0 Å². The highest BCUT2D eigenvalue weighted by molar-refractivity contribution is 5.71. The number of allylic oxidation sites excluding steroid dienone is 17. The minimum atomic E-state index is -0.592. The zero-order chi connectivity index (χ0) is 47.7. The van der Waals surface area contributed by atoms with Crippen LogP contribution in [0.3, 0.4) is 0 Å². The van der Waals surface area contributed by atoms with Gasteiger partial charge in [0.05, 0.1) is 13.0 Å². The van der Waals surface area contributed by atoms with E-state index in [-0.39, 0.29) is 31.6 Å². The summed E-state index contributed by atoms with van der Waals surface area (Å²) in [7, 11) is 0. The molecule has 0 saturated heterocycles. The highest BCUT2D eigenvalue weighted by atomic mass is 16.6. The summed E-state index contributed by atoms with van der Waals surface area (Å²) in [6, 6.07) is 0. The van der Waals surface area contributed by atoms with Gasteiger partial charge in [-0.1, -0.05) is 226 Å². The Morgan fingerprint density at radius 3 is 1.21 bits per heavy atom. The van der Waals surface area contributed by atoms with Gasteiger partial charge in [-0.3, -0.25) is 9.59 Å². The Morgan fingerprint density at radius 1 is 0.364 bits per heavy atom. The van der Waals surface area contributed by atoms with Crippen LogP contribution in [0.1, 0.15) is 239 Å². The molecule has 0 saturated carbocycles. The van der Waals surface area contributed by atoms with Crippen LogP contribution in [0.15, 0.2) is 109 Å². The molecule has 0 bridgehead atoms. The average Bonchev–Trinajstić information content (AvgIpc) is 3.32. The van der Waals surface area contributed by atoms with Gasteiger partial charge in [0.1, 0.15) is 6.61 Å². The molecule has 0 aromatic rings. The monoisotopic (exact) mass is 915 g/mol. The first-order valence-electron chi connectivity index (χ1n) is 27.4. The first-order chi connectivity index (χ1) is 32.6. The second-order valence-electron chi connectivity index (χ2n) is 17.8. The number of hydrogen-bond acceptors (Lipinski definition) is 5. The van der Waals surface area contributed by atoms with Crippen molar-refractivity contribution in [3.8, 4) is 0 Å². The predicted octanol–water partition coefficient (Wildman–Crippen LogP) is 18.8. The highest BCUT2D eigenvalue weighted by Crippen LogP contribution is 2.13. The van der Waals surface area contributed by atoms with Crippen molar-refractivity contribution in [3.63, 3.8) is 0 Å². The Balaban J connectivity index is 4.42. The van der Waals surface area contributed by atoms with Crippen molar-refractivity contribution in [1.29, 1.82) is 0 Å². The molecule has 0 aromatic carbocycles. The third kappa shape index (κ3) is 53.2. The lowest BCUT2D eigenvalue weighted by Crippen LogP contribution is -2.30. The van der Waals surface area contributed by atoms with Gasteiger partial charge < -0.3 is 14.2 Å². The minimum absolute atomic E-state index is 0.0182. The molecule has 5 nitrogen and oxygen atoms in total. The number of rotatable bonds is 49. The number of carbonyl (C=O) groups is 2. The lowest BCUT2D eigenvalue weighted by Gasteiger charge is -2.18. The van der Waals surface area contributed by atoms with Gasteiger partial charge in [-0.25, -0.2) is 0 Å².